The van der Waals surface area contributed by atoms with Gasteiger partial charge in [0.2, 0.25) is 20.0 Å². The Morgan fingerprint density at radius 1 is 1.00 bits per heavy atom. The van der Waals surface area contributed by atoms with Crippen molar-refractivity contribution in [3.63, 3.8) is 0 Å². The number of hydrogen-bond donors (Lipinski definition) is 2. The Kier molecular flexibility index (Phi) is 4.79. The molecule has 21 heavy (non-hydrogen) atoms. The average Bonchev–Trinajstić information content (AvgIpc) is 2.96. The molecule has 114 valence electrons. The van der Waals surface area contributed by atoms with Crippen LogP contribution in [0.25, 0.3) is 0 Å². The third-order valence-electron chi connectivity index (χ3n) is 2.70. The van der Waals surface area contributed by atoms with Crippen LogP contribution >= 0.6 is 11.3 Å². The van der Waals surface area contributed by atoms with Crippen molar-refractivity contribution in [3.8, 4) is 0 Å². The Bertz CT molecular complexity index is 811. The molecule has 0 aliphatic heterocycles. The van der Waals surface area contributed by atoms with Crippen LogP contribution < -0.4 is 9.44 Å². The summed E-state index contributed by atoms with van der Waals surface area (Å²) in [5.41, 5.74) is 0. The van der Waals surface area contributed by atoms with Crippen LogP contribution in [-0.2, 0) is 26.6 Å². The number of hydrogen-bond acceptors (Lipinski definition) is 5. The Morgan fingerprint density at radius 2 is 1.67 bits per heavy atom. The van der Waals surface area contributed by atoms with Crippen LogP contribution in [0.3, 0.4) is 0 Å². The van der Waals surface area contributed by atoms with Gasteiger partial charge in [0.1, 0.15) is 0 Å². The van der Waals surface area contributed by atoms with Crippen LogP contribution in [0.5, 0.6) is 0 Å². The molecule has 1 aromatic carbocycles. The molecule has 0 atom stereocenters. The van der Waals surface area contributed by atoms with Crippen molar-refractivity contribution in [1.29, 1.82) is 0 Å². The maximum Gasteiger partial charge on any atom is 0.241 e. The van der Waals surface area contributed by atoms with Gasteiger partial charge >= 0.3 is 0 Å². The predicted octanol–water partition coefficient (Wildman–Crippen LogP) is 1.13. The number of sulfonamides is 2. The molecule has 0 unspecified atom stereocenters. The van der Waals surface area contributed by atoms with E-state index in [9.17, 15) is 16.8 Å². The van der Waals surface area contributed by atoms with Gasteiger partial charge < -0.3 is 0 Å². The lowest BCUT2D eigenvalue weighted by atomic mass is 10.4. The maximum atomic E-state index is 12.0. The fourth-order valence-corrected chi connectivity index (χ4v) is 4.62. The van der Waals surface area contributed by atoms with Crippen LogP contribution in [0.2, 0.25) is 0 Å². The largest absolute Gasteiger partial charge is 0.241 e. The van der Waals surface area contributed by atoms with Gasteiger partial charge in [0.15, 0.2) is 0 Å². The normalized spacial score (nSPS) is 12.4. The zero-order valence-electron chi connectivity index (χ0n) is 11.1. The van der Waals surface area contributed by atoms with E-state index in [4.69, 9.17) is 0 Å². The fourth-order valence-electron chi connectivity index (χ4n) is 1.56. The van der Waals surface area contributed by atoms with E-state index in [-0.39, 0.29) is 16.3 Å². The summed E-state index contributed by atoms with van der Waals surface area (Å²) >= 11 is 1.18. The van der Waals surface area contributed by atoms with Crippen molar-refractivity contribution < 1.29 is 16.8 Å². The van der Waals surface area contributed by atoms with Crippen LogP contribution in [-0.4, -0.2) is 23.9 Å². The quantitative estimate of drug-likeness (QED) is 0.820. The number of nitrogens with one attached hydrogen (secondary N) is 2. The van der Waals surface area contributed by atoms with Crippen molar-refractivity contribution >= 4 is 31.4 Å². The van der Waals surface area contributed by atoms with Gasteiger partial charge in [-0.15, -0.1) is 11.3 Å². The first kappa shape index (κ1) is 16.1. The molecule has 1 aromatic heterocycles. The molecule has 0 fully saturated rings. The monoisotopic (exact) mass is 346 g/mol. The topological polar surface area (TPSA) is 92.3 Å². The van der Waals surface area contributed by atoms with E-state index in [0.29, 0.717) is 4.88 Å². The zero-order valence-corrected chi connectivity index (χ0v) is 13.6. The SMILES string of the molecule is CNS(=O)(=O)c1csc(CNS(=O)(=O)c2ccccc2)c1. The van der Waals surface area contributed by atoms with E-state index in [1.807, 2.05) is 0 Å². The van der Waals surface area contributed by atoms with Gasteiger partial charge in [0.05, 0.1) is 9.79 Å². The van der Waals surface area contributed by atoms with Gasteiger partial charge in [0.25, 0.3) is 0 Å². The van der Waals surface area contributed by atoms with Crippen LogP contribution in [0.15, 0.2) is 51.6 Å². The van der Waals surface area contributed by atoms with Crippen molar-refractivity contribution in [2.24, 2.45) is 0 Å². The van der Waals surface area contributed by atoms with Crippen molar-refractivity contribution in [1.82, 2.24) is 9.44 Å². The Morgan fingerprint density at radius 3 is 2.29 bits per heavy atom. The molecule has 0 saturated carbocycles. The average molecular weight is 346 g/mol. The molecule has 2 rings (SSSR count). The highest BCUT2D eigenvalue weighted by Crippen LogP contribution is 2.19. The van der Waals surface area contributed by atoms with Crippen molar-refractivity contribution in [2.45, 2.75) is 16.3 Å². The molecule has 2 N–H and O–H groups in total. The maximum absolute atomic E-state index is 12.0. The molecule has 1 heterocycles. The van der Waals surface area contributed by atoms with Gasteiger partial charge in [-0.2, -0.15) is 0 Å². The first-order chi connectivity index (χ1) is 9.85. The molecule has 0 aliphatic carbocycles. The Balaban J connectivity index is 2.11. The lowest BCUT2D eigenvalue weighted by molar-refractivity contribution is 0.582. The summed E-state index contributed by atoms with van der Waals surface area (Å²) in [7, 11) is -5.77. The van der Waals surface area contributed by atoms with E-state index >= 15 is 0 Å². The highest BCUT2D eigenvalue weighted by molar-refractivity contribution is 7.89. The molecule has 0 aliphatic rings. The minimum absolute atomic E-state index is 0.0428. The van der Waals surface area contributed by atoms with E-state index in [1.54, 1.807) is 18.2 Å². The number of rotatable bonds is 6. The molecule has 0 amide bonds. The second kappa shape index (κ2) is 6.24. The van der Waals surface area contributed by atoms with Crippen LogP contribution in [0.4, 0.5) is 0 Å². The molecular weight excluding hydrogens is 332 g/mol. The van der Waals surface area contributed by atoms with Gasteiger partial charge in [-0.3, -0.25) is 0 Å². The molecule has 6 nitrogen and oxygen atoms in total. The second-order valence-corrected chi connectivity index (χ2v) is 8.74. The molecule has 0 saturated heterocycles. The highest BCUT2D eigenvalue weighted by atomic mass is 32.2. The molecule has 0 radical (unpaired) electrons. The lowest BCUT2D eigenvalue weighted by Crippen LogP contribution is -2.22. The van der Waals surface area contributed by atoms with E-state index < -0.39 is 20.0 Å². The third kappa shape index (κ3) is 3.89. The lowest BCUT2D eigenvalue weighted by Gasteiger charge is -2.05. The van der Waals surface area contributed by atoms with Gasteiger partial charge in [0, 0.05) is 16.8 Å². The number of thiophene rings is 1. The minimum atomic E-state index is -3.60. The van der Waals surface area contributed by atoms with E-state index in [1.165, 1.54) is 42.0 Å². The summed E-state index contributed by atoms with van der Waals surface area (Å²) in [6.45, 7) is 0.0428. The molecular formula is C12H14N2O4S3. The first-order valence-corrected chi connectivity index (χ1v) is 9.75. The zero-order chi connectivity index (χ0) is 15.5. The van der Waals surface area contributed by atoms with E-state index in [0.717, 1.165) is 0 Å². The second-order valence-electron chi connectivity index (χ2n) is 4.09. The molecule has 0 spiro atoms. The first-order valence-electron chi connectivity index (χ1n) is 5.91. The summed E-state index contributed by atoms with van der Waals surface area (Å²) in [6, 6.07) is 9.44. The van der Waals surface area contributed by atoms with Gasteiger partial charge in [-0.05, 0) is 25.2 Å². The van der Waals surface area contributed by atoms with Crippen molar-refractivity contribution in [2.75, 3.05) is 7.05 Å². The summed E-state index contributed by atoms with van der Waals surface area (Å²) in [6.07, 6.45) is 0. The van der Waals surface area contributed by atoms with Crippen LogP contribution in [0.1, 0.15) is 4.88 Å². The van der Waals surface area contributed by atoms with Crippen molar-refractivity contribution in [3.05, 3.63) is 46.7 Å². The number of benzene rings is 1. The predicted molar refractivity (Wildman–Crippen MR) is 81.0 cm³/mol. The highest BCUT2D eigenvalue weighted by Gasteiger charge is 2.16. The molecule has 0 bridgehead atoms. The standard InChI is InChI=1S/C12H14N2O4S3/c1-13-20(15,16)12-7-10(19-9-12)8-14-21(17,18)11-5-3-2-4-6-11/h2-7,9,13-14H,8H2,1H3. The molecule has 9 heteroatoms. The Hall–Kier alpha value is -1.26. The minimum Gasteiger partial charge on any atom is -0.214 e. The summed E-state index contributed by atoms with van der Waals surface area (Å²) < 4.78 is 51.9. The van der Waals surface area contributed by atoms with Gasteiger partial charge in [-0.1, -0.05) is 18.2 Å². The molecule has 2 aromatic rings. The van der Waals surface area contributed by atoms with Crippen LogP contribution in [0, 0.1) is 0 Å². The van der Waals surface area contributed by atoms with Gasteiger partial charge in [-0.25, -0.2) is 26.3 Å². The Labute approximate surface area is 127 Å². The third-order valence-corrected chi connectivity index (χ3v) is 6.60. The summed E-state index contributed by atoms with van der Waals surface area (Å²) in [5, 5.41) is 1.47. The smallest absolute Gasteiger partial charge is 0.214 e. The summed E-state index contributed by atoms with van der Waals surface area (Å²) in [4.78, 5) is 0.914. The van der Waals surface area contributed by atoms with E-state index in [2.05, 4.69) is 9.44 Å². The summed E-state index contributed by atoms with van der Waals surface area (Å²) in [5.74, 6) is 0. The fraction of sp³-hybridized carbons (Fsp3) is 0.167.